The molecule has 3 rings (SSSR count). The molecular weight excluding hydrogens is 546 g/mol. The highest BCUT2D eigenvalue weighted by atomic mass is 35.5. The van der Waals surface area contributed by atoms with E-state index in [1.165, 1.54) is 17.0 Å². The van der Waals surface area contributed by atoms with Crippen molar-refractivity contribution >= 4 is 39.1 Å². The van der Waals surface area contributed by atoms with E-state index in [2.05, 4.69) is 5.32 Å². The summed E-state index contributed by atoms with van der Waals surface area (Å²) in [5.74, 6) is -0.769. The fourth-order valence-electron chi connectivity index (χ4n) is 4.24. The maximum absolute atomic E-state index is 14.1. The van der Waals surface area contributed by atoms with Gasteiger partial charge in [-0.05, 0) is 69.0 Å². The molecule has 0 heterocycles. The third-order valence-electron chi connectivity index (χ3n) is 6.91. The van der Waals surface area contributed by atoms with Gasteiger partial charge in [0.2, 0.25) is 11.8 Å². The molecule has 40 heavy (non-hydrogen) atoms. The van der Waals surface area contributed by atoms with Crippen LogP contribution in [0.4, 0.5) is 5.69 Å². The Bertz CT molecular complexity index is 1410. The van der Waals surface area contributed by atoms with Gasteiger partial charge >= 0.3 is 0 Å². The zero-order valence-corrected chi connectivity index (χ0v) is 25.3. The van der Waals surface area contributed by atoms with Gasteiger partial charge in [-0.25, -0.2) is 8.42 Å². The normalized spacial score (nSPS) is 12.8. The van der Waals surface area contributed by atoms with Crippen LogP contribution < -0.4 is 9.62 Å². The quantitative estimate of drug-likeness (QED) is 0.289. The van der Waals surface area contributed by atoms with Crippen LogP contribution in [0.5, 0.6) is 0 Å². The molecule has 0 spiro atoms. The van der Waals surface area contributed by atoms with Crippen molar-refractivity contribution in [2.45, 2.75) is 71.0 Å². The Morgan fingerprint density at radius 1 is 0.925 bits per heavy atom. The minimum Gasteiger partial charge on any atom is -0.352 e. The van der Waals surface area contributed by atoms with E-state index in [-0.39, 0.29) is 29.1 Å². The first-order valence-corrected chi connectivity index (χ1v) is 15.3. The Hall–Kier alpha value is -3.36. The van der Waals surface area contributed by atoms with E-state index in [4.69, 9.17) is 11.6 Å². The van der Waals surface area contributed by atoms with Crippen LogP contribution in [0.15, 0.2) is 77.7 Å². The number of benzene rings is 3. The molecule has 0 aliphatic rings. The van der Waals surface area contributed by atoms with Crippen LogP contribution in [0.1, 0.15) is 50.3 Å². The van der Waals surface area contributed by atoms with Crippen LogP contribution in [-0.2, 0) is 26.2 Å². The van der Waals surface area contributed by atoms with E-state index in [0.717, 1.165) is 27.4 Å². The SMILES string of the molecule is CC[C@H](C)NC(=O)[C@H](CC)N(Cc1ccccc1)C(=O)CN(c1ccc(C)c(Cl)c1)S(=O)(=O)c1ccc(C)cc1. The van der Waals surface area contributed by atoms with Crippen LogP contribution in [0.25, 0.3) is 0 Å². The van der Waals surface area contributed by atoms with Gasteiger partial charge in [-0.2, -0.15) is 0 Å². The van der Waals surface area contributed by atoms with Crippen molar-refractivity contribution in [1.29, 1.82) is 0 Å². The largest absolute Gasteiger partial charge is 0.352 e. The molecule has 0 saturated carbocycles. The number of nitrogens with one attached hydrogen (secondary N) is 1. The zero-order valence-electron chi connectivity index (χ0n) is 23.7. The number of carbonyl (C=O) groups is 2. The third-order valence-corrected chi connectivity index (χ3v) is 9.11. The number of hydrogen-bond donors (Lipinski definition) is 1. The van der Waals surface area contributed by atoms with Gasteiger partial charge in [0.1, 0.15) is 12.6 Å². The predicted octanol–water partition coefficient (Wildman–Crippen LogP) is 5.87. The molecule has 0 unspecified atom stereocenters. The summed E-state index contributed by atoms with van der Waals surface area (Å²) in [4.78, 5) is 28.9. The van der Waals surface area contributed by atoms with Crippen molar-refractivity contribution in [3.8, 4) is 0 Å². The van der Waals surface area contributed by atoms with Crippen molar-refractivity contribution in [1.82, 2.24) is 10.2 Å². The maximum atomic E-state index is 14.1. The molecule has 0 fully saturated rings. The standard InChI is InChI=1S/C31H38ClN3O4S/c1-6-24(5)33-31(37)29(7-2)34(20-25-11-9-8-10-12-25)30(36)21-35(26-16-15-23(4)28(32)19-26)40(38,39)27-17-13-22(3)14-18-27/h8-19,24,29H,6-7,20-21H2,1-5H3,(H,33,37)/t24-,29-/m0/s1. The molecule has 0 aliphatic carbocycles. The van der Waals surface area contributed by atoms with Gasteiger partial charge < -0.3 is 10.2 Å². The third kappa shape index (κ3) is 7.64. The number of aryl methyl sites for hydroxylation is 2. The van der Waals surface area contributed by atoms with Gasteiger partial charge in [0.25, 0.3) is 10.0 Å². The number of sulfonamides is 1. The van der Waals surface area contributed by atoms with Crippen molar-refractivity contribution in [2.75, 3.05) is 10.8 Å². The monoisotopic (exact) mass is 583 g/mol. The molecule has 0 radical (unpaired) electrons. The topological polar surface area (TPSA) is 86.8 Å². The van der Waals surface area contributed by atoms with Crippen molar-refractivity contribution in [2.24, 2.45) is 0 Å². The van der Waals surface area contributed by atoms with Crippen molar-refractivity contribution in [3.63, 3.8) is 0 Å². The molecule has 0 saturated heterocycles. The lowest BCUT2D eigenvalue weighted by Crippen LogP contribution is -2.53. The number of nitrogens with zero attached hydrogens (tertiary/aromatic N) is 2. The molecule has 0 aromatic heterocycles. The summed E-state index contributed by atoms with van der Waals surface area (Å²) in [6.07, 6.45) is 1.10. The molecule has 2 amide bonds. The van der Waals surface area contributed by atoms with E-state index in [9.17, 15) is 18.0 Å². The summed E-state index contributed by atoms with van der Waals surface area (Å²) in [5.41, 5.74) is 2.79. The summed E-state index contributed by atoms with van der Waals surface area (Å²) in [6.45, 7) is 9.05. The van der Waals surface area contributed by atoms with Crippen molar-refractivity contribution in [3.05, 3.63) is 94.5 Å². The molecule has 7 nitrogen and oxygen atoms in total. The second kappa shape index (κ2) is 13.8. The second-order valence-corrected chi connectivity index (χ2v) is 12.3. The lowest BCUT2D eigenvalue weighted by molar-refractivity contribution is -0.140. The predicted molar refractivity (Wildman–Crippen MR) is 161 cm³/mol. The van der Waals surface area contributed by atoms with Gasteiger partial charge in [0.05, 0.1) is 10.6 Å². The average molecular weight is 584 g/mol. The number of carbonyl (C=O) groups excluding carboxylic acids is 2. The van der Waals surface area contributed by atoms with Gasteiger partial charge in [0, 0.05) is 17.6 Å². The Kier molecular flexibility index (Phi) is 10.8. The van der Waals surface area contributed by atoms with E-state index in [1.807, 2.05) is 65.0 Å². The molecule has 0 bridgehead atoms. The molecule has 0 aliphatic heterocycles. The average Bonchev–Trinajstić information content (AvgIpc) is 2.93. The minimum absolute atomic E-state index is 0.0544. The highest BCUT2D eigenvalue weighted by Crippen LogP contribution is 2.29. The Labute approximate surface area is 243 Å². The molecule has 1 N–H and O–H groups in total. The highest BCUT2D eigenvalue weighted by molar-refractivity contribution is 7.92. The molecular formula is C31H38ClN3O4S. The Balaban J connectivity index is 2.07. The fourth-order valence-corrected chi connectivity index (χ4v) is 5.82. The fraction of sp³-hybridized carbons (Fsp3) is 0.355. The lowest BCUT2D eigenvalue weighted by Gasteiger charge is -2.33. The Morgan fingerprint density at radius 2 is 1.57 bits per heavy atom. The summed E-state index contributed by atoms with van der Waals surface area (Å²) in [5, 5.41) is 3.36. The number of hydrogen-bond acceptors (Lipinski definition) is 4. The molecule has 3 aromatic rings. The van der Waals surface area contributed by atoms with E-state index in [0.29, 0.717) is 11.4 Å². The first-order valence-electron chi connectivity index (χ1n) is 13.5. The number of amides is 2. The van der Waals surface area contributed by atoms with Gasteiger partial charge in [-0.1, -0.05) is 79.5 Å². The van der Waals surface area contributed by atoms with Gasteiger partial charge in [0.15, 0.2) is 0 Å². The number of rotatable bonds is 12. The van der Waals surface area contributed by atoms with Gasteiger partial charge in [-0.15, -0.1) is 0 Å². The van der Waals surface area contributed by atoms with Crippen LogP contribution in [0, 0.1) is 13.8 Å². The second-order valence-electron chi connectivity index (χ2n) is 10.0. The van der Waals surface area contributed by atoms with Crippen LogP contribution in [-0.4, -0.2) is 43.8 Å². The minimum atomic E-state index is -4.15. The first-order chi connectivity index (χ1) is 19.0. The maximum Gasteiger partial charge on any atom is 0.264 e. The van der Waals surface area contributed by atoms with E-state index < -0.39 is 28.5 Å². The smallest absolute Gasteiger partial charge is 0.264 e. The highest BCUT2D eigenvalue weighted by Gasteiger charge is 2.34. The van der Waals surface area contributed by atoms with Gasteiger partial charge in [-0.3, -0.25) is 13.9 Å². The molecule has 2 atom stereocenters. The molecule has 3 aromatic carbocycles. The summed E-state index contributed by atoms with van der Waals surface area (Å²) >= 11 is 6.39. The Morgan fingerprint density at radius 3 is 2.15 bits per heavy atom. The lowest BCUT2D eigenvalue weighted by atomic mass is 10.1. The van der Waals surface area contributed by atoms with Crippen molar-refractivity contribution < 1.29 is 18.0 Å². The molecule has 9 heteroatoms. The van der Waals surface area contributed by atoms with Crippen LogP contribution >= 0.6 is 11.6 Å². The molecule has 214 valence electrons. The van der Waals surface area contributed by atoms with Crippen LogP contribution in [0.2, 0.25) is 5.02 Å². The first kappa shape index (κ1) is 31.2. The van der Waals surface area contributed by atoms with E-state index >= 15 is 0 Å². The summed E-state index contributed by atoms with van der Waals surface area (Å²) in [7, 11) is -4.15. The number of anilines is 1. The van der Waals surface area contributed by atoms with E-state index in [1.54, 1.807) is 30.3 Å². The zero-order chi connectivity index (χ0) is 29.4. The summed E-state index contributed by atoms with van der Waals surface area (Å²) < 4.78 is 29.0. The summed E-state index contributed by atoms with van der Waals surface area (Å²) in [6, 6.07) is 19.9. The number of halogens is 1. The van der Waals surface area contributed by atoms with Crippen LogP contribution in [0.3, 0.4) is 0 Å².